The molecule has 7 heteroatoms. The number of ether oxygens (including phenoxy) is 1. The van der Waals surface area contributed by atoms with E-state index in [0.717, 1.165) is 0 Å². The van der Waals surface area contributed by atoms with Crippen LogP contribution in [-0.2, 0) is 14.3 Å². The van der Waals surface area contributed by atoms with Crippen LogP contribution < -0.4 is 5.32 Å². The van der Waals surface area contributed by atoms with Crippen molar-refractivity contribution in [3.8, 4) is 0 Å². The molecule has 0 aliphatic carbocycles. The predicted molar refractivity (Wildman–Crippen MR) is 63.6 cm³/mol. The summed E-state index contributed by atoms with van der Waals surface area (Å²) >= 11 is 0. The average molecular weight is 251 g/mol. The second-order valence-electron chi connectivity index (χ2n) is 3.40. The van der Waals surface area contributed by atoms with Gasteiger partial charge in [0.25, 0.3) is 0 Å². The smallest absolute Gasteiger partial charge is 0.343 e. The second-order valence-corrected chi connectivity index (χ2v) is 3.40. The summed E-state index contributed by atoms with van der Waals surface area (Å²) in [5, 5.41) is 11.8. The Morgan fingerprint density at radius 2 is 2.06 bits per heavy atom. The van der Waals surface area contributed by atoms with Crippen LogP contribution in [0.4, 0.5) is 5.95 Å². The van der Waals surface area contributed by atoms with Gasteiger partial charge in [-0.05, 0) is 13.0 Å². The maximum Gasteiger partial charge on any atom is 0.343 e. The summed E-state index contributed by atoms with van der Waals surface area (Å²) in [6, 6.07) is 1.43. The maximum absolute atomic E-state index is 11.5. The Morgan fingerprint density at radius 3 is 2.56 bits per heavy atom. The SMILES string of the molecule is COC(=O)/C(=C(\C)O)c1ccnc(NC(C)=O)n1. The van der Waals surface area contributed by atoms with Gasteiger partial charge >= 0.3 is 5.97 Å². The van der Waals surface area contributed by atoms with Gasteiger partial charge in [-0.15, -0.1) is 0 Å². The van der Waals surface area contributed by atoms with Crippen LogP contribution >= 0.6 is 0 Å². The van der Waals surface area contributed by atoms with Gasteiger partial charge in [0, 0.05) is 13.1 Å². The van der Waals surface area contributed by atoms with Crippen LogP contribution in [-0.4, -0.2) is 34.1 Å². The lowest BCUT2D eigenvalue weighted by molar-refractivity contribution is -0.133. The molecule has 0 spiro atoms. The second kappa shape index (κ2) is 5.76. The molecular weight excluding hydrogens is 238 g/mol. The van der Waals surface area contributed by atoms with E-state index >= 15 is 0 Å². The zero-order chi connectivity index (χ0) is 13.7. The van der Waals surface area contributed by atoms with Crippen molar-refractivity contribution >= 4 is 23.4 Å². The molecule has 0 bridgehead atoms. The summed E-state index contributed by atoms with van der Waals surface area (Å²) in [5.74, 6) is -1.24. The van der Waals surface area contributed by atoms with Crippen LogP contribution in [0.15, 0.2) is 18.0 Å². The standard InChI is InChI=1S/C11H13N3O4/c1-6(15)9(10(17)18-3)8-4-5-12-11(14-8)13-7(2)16/h4-5,15H,1-3H3,(H,12,13,14,16)/b9-6+. The Labute approximate surface area is 104 Å². The van der Waals surface area contributed by atoms with E-state index < -0.39 is 5.97 Å². The summed E-state index contributed by atoms with van der Waals surface area (Å²) in [6.07, 6.45) is 1.36. The fraction of sp³-hybridized carbons (Fsp3) is 0.273. The number of carbonyl (C=O) groups is 2. The number of allylic oxidation sites excluding steroid dienone is 1. The summed E-state index contributed by atoms with van der Waals surface area (Å²) in [7, 11) is 1.20. The van der Waals surface area contributed by atoms with Gasteiger partial charge < -0.3 is 9.84 Å². The number of carbonyl (C=O) groups excluding carboxylic acids is 2. The summed E-state index contributed by atoms with van der Waals surface area (Å²) < 4.78 is 4.54. The number of rotatable bonds is 3. The fourth-order valence-corrected chi connectivity index (χ4v) is 1.26. The fourth-order valence-electron chi connectivity index (χ4n) is 1.26. The molecule has 1 amide bonds. The molecule has 1 aromatic rings. The summed E-state index contributed by atoms with van der Waals surface area (Å²) in [6.45, 7) is 2.65. The third-order valence-electron chi connectivity index (χ3n) is 1.95. The third kappa shape index (κ3) is 3.27. The molecule has 0 fully saturated rings. The largest absolute Gasteiger partial charge is 0.512 e. The van der Waals surface area contributed by atoms with Crippen molar-refractivity contribution in [1.82, 2.24) is 9.97 Å². The monoisotopic (exact) mass is 251 g/mol. The Hall–Kier alpha value is -2.44. The van der Waals surface area contributed by atoms with Gasteiger partial charge in [0.2, 0.25) is 11.9 Å². The number of nitrogens with one attached hydrogen (secondary N) is 1. The molecule has 0 aliphatic rings. The van der Waals surface area contributed by atoms with Crippen LogP contribution in [0.25, 0.3) is 5.57 Å². The minimum atomic E-state index is -0.720. The number of nitrogens with zero attached hydrogens (tertiary/aromatic N) is 2. The predicted octanol–water partition coefficient (Wildman–Crippen LogP) is 0.897. The lowest BCUT2D eigenvalue weighted by Gasteiger charge is -2.07. The lowest BCUT2D eigenvalue weighted by atomic mass is 10.1. The van der Waals surface area contributed by atoms with Gasteiger partial charge in [-0.2, -0.15) is 0 Å². The zero-order valence-corrected chi connectivity index (χ0v) is 10.2. The van der Waals surface area contributed by atoms with Crippen molar-refractivity contribution in [2.24, 2.45) is 0 Å². The first-order valence-electron chi connectivity index (χ1n) is 5.05. The molecule has 1 aromatic heterocycles. The van der Waals surface area contributed by atoms with E-state index in [-0.39, 0.29) is 28.9 Å². The van der Waals surface area contributed by atoms with E-state index in [0.29, 0.717) is 0 Å². The molecule has 0 aliphatic heterocycles. The van der Waals surface area contributed by atoms with Gasteiger partial charge in [-0.3, -0.25) is 10.1 Å². The van der Waals surface area contributed by atoms with Gasteiger partial charge in [0.15, 0.2) is 0 Å². The Kier molecular flexibility index (Phi) is 4.36. The van der Waals surface area contributed by atoms with Crippen molar-refractivity contribution in [2.45, 2.75) is 13.8 Å². The van der Waals surface area contributed by atoms with Crippen LogP contribution in [0.2, 0.25) is 0 Å². The van der Waals surface area contributed by atoms with E-state index in [9.17, 15) is 14.7 Å². The number of amides is 1. The molecule has 0 radical (unpaired) electrons. The Balaban J connectivity index is 3.19. The number of aromatic nitrogens is 2. The minimum absolute atomic E-state index is 0.0441. The Bertz CT molecular complexity index is 507. The first-order valence-corrected chi connectivity index (χ1v) is 5.05. The highest BCUT2D eigenvalue weighted by molar-refractivity contribution is 6.16. The molecule has 0 saturated heterocycles. The normalized spacial score (nSPS) is 11.5. The number of methoxy groups -OCH3 is 1. The van der Waals surface area contributed by atoms with E-state index in [1.165, 1.54) is 33.2 Å². The van der Waals surface area contributed by atoms with E-state index in [4.69, 9.17) is 0 Å². The molecule has 1 heterocycles. The molecule has 0 aromatic carbocycles. The molecule has 0 saturated carbocycles. The maximum atomic E-state index is 11.5. The van der Waals surface area contributed by atoms with Crippen LogP contribution in [0, 0.1) is 0 Å². The molecule has 7 nitrogen and oxygen atoms in total. The van der Waals surface area contributed by atoms with Crippen molar-refractivity contribution in [3.05, 3.63) is 23.7 Å². The zero-order valence-electron chi connectivity index (χ0n) is 10.2. The highest BCUT2D eigenvalue weighted by atomic mass is 16.5. The third-order valence-corrected chi connectivity index (χ3v) is 1.95. The Morgan fingerprint density at radius 1 is 1.39 bits per heavy atom. The summed E-state index contributed by atoms with van der Waals surface area (Å²) in [5.41, 5.74) is 0.0899. The van der Waals surface area contributed by atoms with E-state index in [1.807, 2.05) is 0 Å². The summed E-state index contributed by atoms with van der Waals surface area (Å²) in [4.78, 5) is 30.1. The van der Waals surface area contributed by atoms with E-state index in [1.54, 1.807) is 0 Å². The van der Waals surface area contributed by atoms with Crippen molar-refractivity contribution in [2.75, 3.05) is 12.4 Å². The van der Waals surface area contributed by atoms with Crippen molar-refractivity contribution < 1.29 is 19.4 Å². The van der Waals surface area contributed by atoms with Crippen molar-refractivity contribution in [3.63, 3.8) is 0 Å². The molecule has 1 rings (SSSR count). The highest BCUT2D eigenvalue weighted by Crippen LogP contribution is 2.17. The number of hydrogen-bond acceptors (Lipinski definition) is 6. The number of anilines is 1. The molecule has 0 unspecified atom stereocenters. The van der Waals surface area contributed by atoms with Gasteiger partial charge in [0.1, 0.15) is 11.3 Å². The molecular formula is C11H13N3O4. The van der Waals surface area contributed by atoms with Crippen LogP contribution in [0.5, 0.6) is 0 Å². The molecule has 2 N–H and O–H groups in total. The van der Waals surface area contributed by atoms with E-state index in [2.05, 4.69) is 20.0 Å². The van der Waals surface area contributed by atoms with Gasteiger partial charge in [0.05, 0.1) is 12.8 Å². The minimum Gasteiger partial charge on any atom is -0.512 e. The number of aliphatic hydroxyl groups is 1. The molecule has 96 valence electrons. The topological polar surface area (TPSA) is 101 Å². The van der Waals surface area contributed by atoms with Crippen LogP contribution in [0.3, 0.4) is 0 Å². The highest BCUT2D eigenvalue weighted by Gasteiger charge is 2.18. The first kappa shape index (κ1) is 13.6. The number of aliphatic hydroxyl groups excluding tert-OH is 1. The lowest BCUT2D eigenvalue weighted by Crippen LogP contribution is -2.12. The van der Waals surface area contributed by atoms with Gasteiger partial charge in [-0.25, -0.2) is 14.8 Å². The van der Waals surface area contributed by atoms with Crippen LogP contribution in [0.1, 0.15) is 19.5 Å². The average Bonchev–Trinajstić information content (AvgIpc) is 2.28. The first-order chi connectivity index (χ1) is 8.45. The number of hydrogen-bond donors (Lipinski definition) is 2. The van der Waals surface area contributed by atoms with Gasteiger partial charge in [-0.1, -0.05) is 0 Å². The molecule has 0 atom stereocenters. The quantitative estimate of drug-likeness (QED) is 0.470. The van der Waals surface area contributed by atoms with Crippen molar-refractivity contribution in [1.29, 1.82) is 0 Å². The number of esters is 1. The molecule has 18 heavy (non-hydrogen) atoms.